The fourth-order valence-electron chi connectivity index (χ4n) is 1.98. The first-order chi connectivity index (χ1) is 13.5. The molecule has 1 N–H and O–H groups in total. The lowest BCUT2D eigenvalue weighted by Crippen LogP contribution is -2.30. The summed E-state index contributed by atoms with van der Waals surface area (Å²) in [7, 11) is 0. The van der Waals surface area contributed by atoms with Gasteiger partial charge in [0.15, 0.2) is 5.57 Å². The van der Waals surface area contributed by atoms with Gasteiger partial charge in [0.25, 0.3) is 5.56 Å². The second kappa shape index (κ2) is 9.86. The second-order valence-corrected chi connectivity index (χ2v) is 6.06. The van der Waals surface area contributed by atoms with Crippen molar-refractivity contribution in [3.8, 4) is 6.07 Å². The highest BCUT2D eigenvalue weighted by atomic mass is 32.1. The molecule has 2 aromatic rings. The number of pyridine rings is 1. The van der Waals surface area contributed by atoms with Gasteiger partial charge in [-0.3, -0.25) is 9.36 Å². The summed E-state index contributed by atoms with van der Waals surface area (Å²) >= 11 is 0.997. The molecule has 2 rings (SSSR count). The number of hydrogen-bond acceptors (Lipinski definition) is 7. The average molecular weight is 398 g/mol. The predicted octanol–water partition coefficient (Wildman–Crippen LogP) is 1.03. The van der Waals surface area contributed by atoms with Gasteiger partial charge in [0.2, 0.25) is 5.95 Å². The zero-order valence-electron chi connectivity index (χ0n) is 14.9. The van der Waals surface area contributed by atoms with Crippen molar-refractivity contribution in [3.63, 3.8) is 0 Å². The molecule has 0 aromatic carbocycles. The number of nitriles is 1. The first-order valence-electron chi connectivity index (χ1n) is 8.03. The van der Waals surface area contributed by atoms with Gasteiger partial charge >= 0.3 is 5.97 Å². The van der Waals surface area contributed by atoms with Crippen molar-refractivity contribution < 1.29 is 13.9 Å². The van der Waals surface area contributed by atoms with E-state index in [0.717, 1.165) is 11.3 Å². The van der Waals surface area contributed by atoms with E-state index >= 15 is 0 Å². The fraction of sp³-hybridized carbons (Fsp3) is 0.158. The van der Waals surface area contributed by atoms with Crippen LogP contribution in [0.1, 0.15) is 6.92 Å². The number of carbonyl (C=O) groups is 1. The molecule has 0 fully saturated rings. The number of nitrogens with zero attached hydrogens (tertiary/aromatic N) is 3. The lowest BCUT2D eigenvalue weighted by Gasteiger charge is -1.97. The van der Waals surface area contributed by atoms with E-state index < -0.39 is 11.9 Å². The summed E-state index contributed by atoms with van der Waals surface area (Å²) in [4.78, 5) is 27.9. The molecule has 0 radical (unpaired) electrons. The summed E-state index contributed by atoms with van der Waals surface area (Å²) < 4.78 is 19.7. The number of ether oxygens (including phenoxy) is 1. The zero-order valence-corrected chi connectivity index (χ0v) is 15.7. The quantitative estimate of drug-likeness (QED) is 0.257. The maximum absolute atomic E-state index is 13.1. The van der Waals surface area contributed by atoms with E-state index in [2.05, 4.69) is 28.3 Å². The van der Waals surface area contributed by atoms with Crippen LogP contribution in [-0.4, -0.2) is 22.1 Å². The average Bonchev–Trinajstić information content (AvgIpc) is 2.98. The van der Waals surface area contributed by atoms with E-state index in [1.165, 1.54) is 29.0 Å². The number of nitrogens with one attached hydrogen (secondary N) is 1. The lowest BCUT2D eigenvalue weighted by atomic mass is 10.3. The van der Waals surface area contributed by atoms with Crippen LogP contribution in [-0.2, 0) is 16.1 Å². The van der Waals surface area contributed by atoms with Crippen molar-refractivity contribution in [1.29, 1.82) is 5.26 Å². The molecule has 0 saturated heterocycles. The Bertz CT molecular complexity index is 1190. The van der Waals surface area contributed by atoms with Crippen molar-refractivity contribution in [2.45, 2.75) is 13.5 Å². The Kier molecular flexibility index (Phi) is 7.26. The monoisotopic (exact) mass is 398 g/mol. The minimum atomic E-state index is -0.856. The van der Waals surface area contributed by atoms with Gasteiger partial charge in [-0.2, -0.15) is 9.65 Å². The summed E-state index contributed by atoms with van der Waals surface area (Å²) in [5, 5.41) is 11.9. The molecule has 0 unspecified atom stereocenters. The molecule has 2 aromatic heterocycles. The number of rotatable bonds is 6. The van der Waals surface area contributed by atoms with Gasteiger partial charge in [0.05, 0.1) is 0 Å². The molecule has 0 atom stereocenters. The molecule has 0 aliphatic rings. The standard InChI is InChI=1S/C19H15FN4O3S/c1-3-10-27-19(26)13(12-21)11-17-24(4-2)18(25)14(28-17)8-9-22-16-7-5-6-15(20)23-16/h3,5-7,9H,1,4,10H2,2H3,(H,22,23). The van der Waals surface area contributed by atoms with E-state index in [1.54, 1.807) is 19.1 Å². The molecule has 9 heteroatoms. The third-order valence-electron chi connectivity index (χ3n) is 3.22. The Morgan fingerprint density at radius 2 is 2.32 bits per heavy atom. The normalized spacial score (nSPS) is 9.46. The molecule has 7 nitrogen and oxygen atoms in total. The van der Waals surface area contributed by atoms with E-state index in [0.29, 0.717) is 6.54 Å². The van der Waals surface area contributed by atoms with Crippen molar-refractivity contribution >= 4 is 34.6 Å². The summed E-state index contributed by atoms with van der Waals surface area (Å²) in [6, 6.07) is 5.96. The van der Waals surface area contributed by atoms with Crippen LogP contribution in [0.5, 0.6) is 0 Å². The van der Waals surface area contributed by atoms with Crippen molar-refractivity contribution in [2.75, 3.05) is 11.9 Å². The minimum absolute atomic E-state index is 0.0434. The van der Waals surface area contributed by atoms with Gasteiger partial charge in [-0.15, -0.1) is 0 Å². The molecular formula is C19H15FN4O3S. The number of thiazole rings is 1. The van der Waals surface area contributed by atoms with Gasteiger partial charge in [-0.05, 0) is 19.1 Å². The molecule has 28 heavy (non-hydrogen) atoms. The van der Waals surface area contributed by atoms with Crippen LogP contribution >= 0.6 is 11.3 Å². The molecule has 0 aliphatic heterocycles. The highest BCUT2D eigenvalue weighted by Crippen LogP contribution is 2.02. The Balaban J connectivity index is 2.54. The van der Waals surface area contributed by atoms with Gasteiger partial charge in [0.1, 0.15) is 27.7 Å². The molecule has 0 bridgehead atoms. The van der Waals surface area contributed by atoms with E-state index in [9.17, 15) is 14.0 Å². The van der Waals surface area contributed by atoms with E-state index in [1.807, 2.05) is 0 Å². The van der Waals surface area contributed by atoms with E-state index in [-0.39, 0.29) is 32.8 Å². The van der Waals surface area contributed by atoms with Crippen LogP contribution in [0.2, 0.25) is 0 Å². The van der Waals surface area contributed by atoms with Crippen LogP contribution < -0.4 is 20.1 Å². The maximum atomic E-state index is 13.1. The predicted molar refractivity (Wildman–Crippen MR) is 103 cm³/mol. The van der Waals surface area contributed by atoms with Crippen LogP contribution in [0.4, 0.5) is 10.2 Å². The smallest absolute Gasteiger partial charge is 0.357 e. The number of halogens is 1. The lowest BCUT2D eigenvalue weighted by molar-refractivity contribution is -0.137. The number of carbonyl (C=O) groups excluding carboxylic acids is 1. The summed E-state index contributed by atoms with van der Waals surface area (Å²) in [6.45, 7) is 5.42. The molecule has 142 valence electrons. The molecule has 0 aliphatic carbocycles. The molecule has 2 heterocycles. The first kappa shape index (κ1) is 20.6. The molecule has 0 saturated carbocycles. The minimum Gasteiger partial charge on any atom is -0.457 e. The summed E-state index contributed by atoms with van der Waals surface area (Å²) in [6.07, 6.45) is 2.70. The van der Waals surface area contributed by atoms with Gasteiger partial charge in [-0.25, -0.2) is 9.78 Å². The maximum Gasteiger partial charge on any atom is 0.357 e. The van der Waals surface area contributed by atoms with Gasteiger partial charge < -0.3 is 10.1 Å². The van der Waals surface area contributed by atoms with Gasteiger partial charge in [0, 0.05) is 12.7 Å². The largest absolute Gasteiger partial charge is 0.457 e. The Morgan fingerprint density at radius 3 is 2.96 bits per heavy atom. The summed E-state index contributed by atoms with van der Waals surface area (Å²) in [5.74, 6) is -1.24. The van der Waals surface area contributed by atoms with Crippen LogP contribution in [0.15, 0.2) is 47.4 Å². The summed E-state index contributed by atoms with van der Waals surface area (Å²) in [5.41, 5.74) is 4.66. The SMILES string of the molecule is C=CCOC(=O)C(=C=c1sc(=C=CNc2cccc(F)n2)c(=O)n1CC)C#N. The molecule has 0 spiro atoms. The Morgan fingerprint density at radius 1 is 1.54 bits per heavy atom. The van der Waals surface area contributed by atoms with Crippen molar-refractivity contribution in [3.05, 3.63) is 68.1 Å². The Labute approximate surface area is 163 Å². The van der Waals surface area contributed by atoms with Crippen LogP contribution in [0.3, 0.4) is 0 Å². The third-order valence-corrected chi connectivity index (χ3v) is 4.23. The zero-order chi connectivity index (χ0) is 20.5. The van der Waals surface area contributed by atoms with Gasteiger partial charge in [-0.1, -0.05) is 41.5 Å². The molecular weight excluding hydrogens is 383 g/mol. The topological polar surface area (TPSA) is 97.0 Å². The molecule has 0 amide bonds. The van der Waals surface area contributed by atoms with Crippen LogP contribution in [0.25, 0.3) is 11.5 Å². The Hall–Kier alpha value is -3.69. The van der Waals surface area contributed by atoms with Crippen molar-refractivity contribution in [1.82, 2.24) is 9.55 Å². The third kappa shape index (κ3) is 5.16. The highest BCUT2D eigenvalue weighted by Gasteiger charge is 2.10. The van der Waals surface area contributed by atoms with Crippen LogP contribution in [0, 0.1) is 17.3 Å². The number of aromatic nitrogens is 2. The first-order valence-corrected chi connectivity index (χ1v) is 8.84. The van der Waals surface area contributed by atoms with E-state index in [4.69, 9.17) is 10.00 Å². The van der Waals surface area contributed by atoms with Crippen molar-refractivity contribution in [2.24, 2.45) is 0 Å². The second-order valence-electron chi connectivity index (χ2n) is 5.06. The number of hydrogen-bond donors (Lipinski definition) is 1. The number of esters is 1. The fourth-order valence-corrected chi connectivity index (χ4v) is 2.97. The number of anilines is 1. The highest BCUT2D eigenvalue weighted by molar-refractivity contribution is 7.07.